The number of aromatic nitrogens is 4. The minimum Gasteiger partial charge on any atom is -0.386 e. The molecule has 10 N–H and O–H groups in total. The molecule has 2 amide bonds. The molecule has 3 heterocycles. The summed E-state index contributed by atoms with van der Waals surface area (Å²) in [5, 5.41) is 26.2. The summed E-state index contributed by atoms with van der Waals surface area (Å²) in [5.74, 6) is -1.12. The van der Waals surface area contributed by atoms with Crippen molar-refractivity contribution in [2.75, 3.05) is 37.8 Å². The number of imidazole rings is 1. The maximum Gasteiger partial charge on any atom is 0.481 e. The van der Waals surface area contributed by atoms with E-state index in [9.17, 15) is 57.9 Å². The van der Waals surface area contributed by atoms with Gasteiger partial charge in [-0.2, -0.15) is 4.31 Å². The summed E-state index contributed by atoms with van der Waals surface area (Å²) in [6.07, 6.45) is -4.65. The average Bonchev–Trinajstić information content (AvgIpc) is 3.64. The second kappa shape index (κ2) is 19.6. The first kappa shape index (κ1) is 46.7. The molecule has 310 valence electrons. The molecule has 0 aromatic carbocycles. The molecule has 28 heteroatoms. The Morgan fingerprint density at radius 3 is 2.42 bits per heavy atom. The first-order valence-corrected chi connectivity index (χ1v) is 21.7. The zero-order chi connectivity index (χ0) is 41.4. The molecule has 55 heavy (non-hydrogen) atoms. The number of nitrogens with one attached hydrogen (secondary N) is 2. The van der Waals surface area contributed by atoms with Gasteiger partial charge in [0.05, 0.1) is 19.5 Å². The monoisotopic (exact) mass is 863 g/mol. The quantitative estimate of drug-likeness (QED) is 0.0454. The number of thioether (sulfide) groups is 1. The van der Waals surface area contributed by atoms with Gasteiger partial charge in [-0.25, -0.2) is 28.6 Å². The molecule has 2 aromatic heterocycles. The van der Waals surface area contributed by atoms with E-state index in [0.29, 0.717) is 5.75 Å². The molecule has 1 aliphatic heterocycles. The summed E-state index contributed by atoms with van der Waals surface area (Å²) in [5.41, 5.74) is 5.19. The maximum absolute atomic E-state index is 12.7. The van der Waals surface area contributed by atoms with Gasteiger partial charge >= 0.3 is 23.5 Å². The second-order valence-corrected chi connectivity index (χ2v) is 17.9. The number of hydrogen-bond acceptors (Lipinski definition) is 18. The predicted octanol–water partition coefficient (Wildman–Crippen LogP) is 0.0210. The lowest BCUT2D eigenvalue weighted by Crippen LogP contribution is -2.46. The van der Waals surface area contributed by atoms with Gasteiger partial charge in [0.15, 0.2) is 17.7 Å². The highest BCUT2D eigenvalue weighted by Gasteiger charge is 2.50. The van der Waals surface area contributed by atoms with Crippen molar-refractivity contribution in [3.8, 4) is 0 Å². The molecule has 3 rings (SSSR count). The number of carbonyl (C=O) groups is 3. The third-order valence-corrected chi connectivity index (χ3v) is 11.6. The number of aliphatic hydroxyl groups excluding tert-OH is 2. The third kappa shape index (κ3) is 14.3. The van der Waals surface area contributed by atoms with Crippen LogP contribution in [0, 0.1) is 5.41 Å². The Bertz CT molecular complexity index is 1860. The largest absolute Gasteiger partial charge is 0.481 e. The minimum absolute atomic E-state index is 0.0303. The first-order chi connectivity index (χ1) is 25.4. The number of ether oxygens (including phenoxy) is 1. The molecule has 1 aliphatic rings. The van der Waals surface area contributed by atoms with E-state index in [2.05, 4.69) is 34.4 Å². The Morgan fingerprint density at radius 1 is 1.09 bits per heavy atom. The van der Waals surface area contributed by atoms with Crippen molar-refractivity contribution in [1.29, 1.82) is 0 Å². The molecular weight excluding hydrogens is 819 g/mol. The van der Waals surface area contributed by atoms with Crippen LogP contribution in [0.1, 0.15) is 46.8 Å². The minimum atomic E-state index is -5.57. The Labute approximate surface area is 318 Å². The number of anilines is 1. The van der Waals surface area contributed by atoms with Gasteiger partial charge in [-0.15, -0.1) is 0 Å². The highest BCUT2D eigenvalue weighted by molar-refractivity contribution is 8.14. The fourth-order valence-electron chi connectivity index (χ4n) is 4.63. The summed E-state index contributed by atoms with van der Waals surface area (Å²) in [7, 11) is -16.4. The molecule has 1 fully saturated rings. The van der Waals surface area contributed by atoms with E-state index in [4.69, 9.17) is 19.5 Å². The number of rotatable bonds is 21. The standard InChI is InChI=1S/C27H44N7O17P3S/c1-5-15(2)10-18(36)55-9-8-29-17(35)6-7-30-25(39)22(38)27(3,4)12-48-54(45,46)51-53(43,44)47-11-16-21(50-52(40,41)42)20(37)26(49-16)34-14-33-19-23(28)31-13-32-24(19)34/h10,13-14,16,20-22,26,37-38H,5-9,11-12H2,1-4H3,(H,29,35)(H,30,39)(H,43,44)(H,45,46)(H2,28,31,32)(H2,40,41,42)/b15-10-/t16-,20-,21-,22?,26-/m1/s1. The SMILES string of the molecule is CC/C(C)=C\C(=O)SCCNC(=O)CCNC(=O)C(O)C(C)(C)COP(=O)(O)OP(=O)(O)OC[C@H]1O[C@@H](n2cnc3c(N)ncnc32)[C@H](O)[C@@H]1OP(=O)(O)O. The molecule has 0 saturated carbocycles. The lowest BCUT2D eigenvalue weighted by molar-refractivity contribution is -0.137. The molecule has 7 atom stereocenters. The van der Waals surface area contributed by atoms with Crippen LogP contribution in [0.4, 0.5) is 5.82 Å². The van der Waals surface area contributed by atoms with Crippen molar-refractivity contribution in [2.24, 2.45) is 5.41 Å². The van der Waals surface area contributed by atoms with E-state index in [1.54, 1.807) is 0 Å². The van der Waals surface area contributed by atoms with Crippen LogP contribution in [0.3, 0.4) is 0 Å². The molecule has 0 radical (unpaired) electrons. The number of fused-ring (bicyclic) bond motifs is 1. The van der Waals surface area contributed by atoms with E-state index in [1.165, 1.54) is 19.9 Å². The van der Waals surface area contributed by atoms with E-state index in [1.807, 2.05) is 13.8 Å². The number of nitrogen functional groups attached to an aromatic ring is 1. The number of amides is 2. The number of nitrogens with two attached hydrogens (primary N) is 1. The number of nitrogens with zero attached hydrogens (tertiary/aromatic N) is 4. The summed E-state index contributed by atoms with van der Waals surface area (Å²) in [4.78, 5) is 87.3. The van der Waals surface area contributed by atoms with Crippen LogP contribution in [0.25, 0.3) is 11.2 Å². The van der Waals surface area contributed by atoms with E-state index >= 15 is 0 Å². The van der Waals surface area contributed by atoms with Gasteiger partial charge in [0, 0.05) is 30.7 Å². The number of phosphoric ester groups is 3. The highest BCUT2D eigenvalue weighted by atomic mass is 32.2. The molecule has 0 aliphatic carbocycles. The van der Waals surface area contributed by atoms with Crippen LogP contribution in [0.15, 0.2) is 24.3 Å². The van der Waals surface area contributed by atoms with E-state index < -0.39 is 84.6 Å². The zero-order valence-electron chi connectivity index (χ0n) is 29.9. The maximum atomic E-state index is 12.7. The molecule has 3 unspecified atom stereocenters. The van der Waals surface area contributed by atoms with Crippen molar-refractivity contribution in [2.45, 2.75) is 71.2 Å². The lowest BCUT2D eigenvalue weighted by Gasteiger charge is -2.30. The zero-order valence-corrected chi connectivity index (χ0v) is 33.4. The van der Waals surface area contributed by atoms with Crippen LogP contribution in [-0.4, -0.2) is 123 Å². The Balaban J connectivity index is 1.50. The molecule has 2 aromatic rings. The first-order valence-electron chi connectivity index (χ1n) is 16.2. The summed E-state index contributed by atoms with van der Waals surface area (Å²) >= 11 is 1.04. The second-order valence-electron chi connectivity index (χ2n) is 12.6. The Kier molecular flexibility index (Phi) is 16.7. The van der Waals surface area contributed by atoms with Gasteiger partial charge in [-0.05, 0) is 19.4 Å². The van der Waals surface area contributed by atoms with Crippen molar-refractivity contribution < 1.29 is 80.5 Å². The van der Waals surface area contributed by atoms with Gasteiger partial charge in [0.25, 0.3) is 0 Å². The van der Waals surface area contributed by atoms with Gasteiger partial charge in [-0.1, -0.05) is 38.1 Å². The smallest absolute Gasteiger partial charge is 0.386 e. The van der Waals surface area contributed by atoms with Crippen molar-refractivity contribution in [3.05, 3.63) is 24.3 Å². The fourth-order valence-corrected chi connectivity index (χ4v) is 8.15. The molecule has 1 saturated heterocycles. The molecular formula is C27H44N7O17P3S. The summed E-state index contributed by atoms with van der Waals surface area (Å²) in [6.45, 7) is 4.24. The van der Waals surface area contributed by atoms with Crippen LogP contribution in [-0.2, 0) is 50.7 Å². The van der Waals surface area contributed by atoms with E-state index in [-0.39, 0.29) is 41.6 Å². The van der Waals surface area contributed by atoms with Gasteiger partial charge < -0.3 is 50.9 Å². The van der Waals surface area contributed by atoms with Crippen molar-refractivity contribution in [1.82, 2.24) is 30.2 Å². The van der Waals surface area contributed by atoms with Crippen LogP contribution in [0.2, 0.25) is 0 Å². The normalized spacial score (nSPS) is 22.2. The number of phosphoric acid groups is 3. The molecule has 0 bridgehead atoms. The summed E-state index contributed by atoms with van der Waals surface area (Å²) in [6, 6.07) is 0. The Hall–Kier alpha value is -2.70. The fraction of sp³-hybridized carbons (Fsp3) is 0.630. The number of carbonyl (C=O) groups excluding carboxylic acids is 3. The number of hydrogen-bond donors (Lipinski definition) is 9. The van der Waals surface area contributed by atoms with Gasteiger partial charge in [0.1, 0.15) is 36.3 Å². The topological polar surface area (TPSA) is 364 Å². The van der Waals surface area contributed by atoms with Gasteiger partial charge in [-0.3, -0.25) is 32.5 Å². The van der Waals surface area contributed by atoms with E-state index in [0.717, 1.165) is 41.0 Å². The summed E-state index contributed by atoms with van der Waals surface area (Å²) < 4.78 is 62.0. The Morgan fingerprint density at radius 2 is 1.76 bits per heavy atom. The van der Waals surface area contributed by atoms with Crippen LogP contribution in [0.5, 0.6) is 0 Å². The van der Waals surface area contributed by atoms with Gasteiger partial charge in [0.2, 0.25) is 16.9 Å². The highest BCUT2D eigenvalue weighted by Crippen LogP contribution is 2.61. The third-order valence-electron chi connectivity index (χ3n) is 7.67. The molecule has 24 nitrogen and oxygen atoms in total. The van der Waals surface area contributed by atoms with Crippen LogP contribution >= 0.6 is 35.2 Å². The van der Waals surface area contributed by atoms with Crippen LogP contribution < -0.4 is 16.4 Å². The number of allylic oxidation sites excluding steroid dienone is 1. The number of aliphatic hydroxyl groups is 2. The predicted molar refractivity (Wildman–Crippen MR) is 191 cm³/mol. The van der Waals surface area contributed by atoms with Crippen molar-refractivity contribution in [3.63, 3.8) is 0 Å². The average molecular weight is 864 g/mol. The molecule has 0 spiro atoms. The lowest BCUT2D eigenvalue weighted by atomic mass is 9.87. The van der Waals surface area contributed by atoms with Crippen molar-refractivity contribution >= 4 is 69.1 Å².